The zero-order valence-corrected chi connectivity index (χ0v) is 12.6. The van der Waals surface area contributed by atoms with Crippen molar-refractivity contribution in [3.8, 4) is 11.1 Å². The van der Waals surface area contributed by atoms with E-state index in [1.165, 1.54) is 18.2 Å². The summed E-state index contributed by atoms with van der Waals surface area (Å²) in [5.41, 5.74) is 0.108. The lowest BCUT2D eigenvalue weighted by Gasteiger charge is -2.07. The Labute approximate surface area is 139 Å². The minimum Gasteiger partial charge on any atom is -0.465 e. The molecule has 3 rings (SSSR count). The summed E-state index contributed by atoms with van der Waals surface area (Å²) in [5, 5.41) is 34.6. The molecule has 0 radical (unpaired) electrons. The van der Waals surface area contributed by atoms with E-state index in [4.69, 9.17) is 0 Å². The number of esters is 1. The summed E-state index contributed by atoms with van der Waals surface area (Å²) in [5.74, 6) is -0.816. The Morgan fingerprint density at radius 1 is 1.04 bits per heavy atom. The maximum absolute atomic E-state index is 12.1. The number of rotatable bonds is 3. The molecule has 10 nitrogen and oxygen atoms in total. The van der Waals surface area contributed by atoms with Crippen molar-refractivity contribution in [1.29, 1.82) is 0 Å². The number of nitrogens with zero attached hydrogens (tertiary/aromatic N) is 3. The Morgan fingerprint density at radius 2 is 1.68 bits per heavy atom. The van der Waals surface area contributed by atoms with Crippen LogP contribution >= 0.6 is 0 Å². The van der Waals surface area contributed by atoms with E-state index in [1.54, 1.807) is 0 Å². The third kappa shape index (κ3) is 2.36. The second kappa shape index (κ2) is 5.67. The van der Waals surface area contributed by atoms with Gasteiger partial charge in [-0.25, -0.2) is 4.79 Å². The molecule has 1 aliphatic carbocycles. The molecule has 0 atom stereocenters. The van der Waals surface area contributed by atoms with Crippen LogP contribution in [0.5, 0.6) is 0 Å². The molecule has 0 unspecified atom stereocenters. The Kier molecular flexibility index (Phi) is 3.64. The van der Waals surface area contributed by atoms with Crippen molar-refractivity contribution in [3.05, 3.63) is 67.3 Å². The van der Waals surface area contributed by atoms with Crippen LogP contribution in [0, 0.1) is 20.2 Å². The van der Waals surface area contributed by atoms with E-state index >= 15 is 0 Å². The Bertz CT molecular complexity index is 981. The molecular weight excluding hydrogens is 334 g/mol. The van der Waals surface area contributed by atoms with Gasteiger partial charge in [-0.3, -0.25) is 20.2 Å². The Hall–Kier alpha value is -3.82. The first-order chi connectivity index (χ1) is 11.9. The van der Waals surface area contributed by atoms with Crippen LogP contribution in [0.15, 0.2) is 35.5 Å². The molecule has 25 heavy (non-hydrogen) atoms. The lowest BCUT2D eigenvalue weighted by Crippen LogP contribution is -2.06. The van der Waals surface area contributed by atoms with Gasteiger partial charge in [0.2, 0.25) is 0 Å². The first-order valence-corrected chi connectivity index (χ1v) is 6.81. The molecule has 2 aromatic carbocycles. The van der Waals surface area contributed by atoms with Crippen LogP contribution in [0.3, 0.4) is 0 Å². The minimum absolute atomic E-state index is 0.0949. The number of carbonyl (C=O) groups excluding carboxylic acids is 1. The van der Waals surface area contributed by atoms with Crippen LogP contribution in [0.1, 0.15) is 21.5 Å². The van der Waals surface area contributed by atoms with E-state index < -0.39 is 21.5 Å². The summed E-state index contributed by atoms with van der Waals surface area (Å²) in [4.78, 5) is 32.9. The second-order valence-electron chi connectivity index (χ2n) is 5.10. The zero-order chi connectivity index (χ0) is 18.3. The van der Waals surface area contributed by atoms with Crippen molar-refractivity contribution < 1.29 is 24.6 Å². The van der Waals surface area contributed by atoms with Crippen molar-refractivity contribution >= 4 is 23.1 Å². The number of non-ortho nitro benzene ring substituents is 2. The molecule has 1 aliphatic rings. The molecular formula is C15H9N3O7. The number of hydrogen-bond acceptors (Lipinski definition) is 8. The molecule has 0 heterocycles. The van der Waals surface area contributed by atoms with Crippen LogP contribution in [0.2, 0.25) is 0 Å². The van der Waals surface area contributed by atoms with Gasteiger partial charge in [-0.05, 0) is 11.6 Å². The number of hydrogen-bond donors (Lipinski definition) is 1. The molecule has 0 fully saturated rings. The zero-order valence-electron chi connectivity index (χ0n) is 12.6. The van der Waals surface area contributed by atoms with Gasteiger partial charge in [0.25, 0.3) is 11.4 Å². The van der Waals surface area contributed by atoms with Crippen molar-refractivity contribution in [2.45, 2.75) is 0 Å². The number of oxime groups is 1. The number of ether oxygens (including phenoxy) is 1. The van der Waals surface area contributed by atoms with Crippen LogP contribution in [0.4, 0.5) is 11.4 Å². The van der Waals surface area contributed by atoms with Gasteiger partial charge < -0.3 is 9.94 Å². The topological polar surface area (TPSA) is 145 Å². The predicted molar refractivity (Wildman–Crippen MR) is 84.0 cm³/mol. The summed E-state index contributed by atoms with van der Waals surface area (Å²) >= 11 is 0. The monoisotopic (exact) mass is 343 g/mol. The number of benzene rings is 2. The normalized spacial score (nSPS) is 13.2. The van der Waals surface area contributed by atoms with Crippen molar-refractivity contribution in [2.75, 3.05) is 7.11 Å². The van der Waals surface area contributed by atoms with Crippen LogP contribution < -0.4 is 0 Å². The predicted octanol–water partition coefficient (Wildman–Crippen LogP) is 2.50. The first kappa shape index (κ1) is 16.1. The third-order valence-corrected chi connectivity index (χ3v) is 3.83. The van der Waals surface area contributed by atoms with Gasteiger partial charge >= 0.3 is 5.97 Å². The molecule has 0 saturated heterocycles. The Balaban J connectivity index is 2.38. The molecule has 10 heteroatoms. The summed E-state index contributed by atoms with van der Waals surface area (Å²) in [6.07, 6.45) is 0. The standard InChI is InChI=1S/C15H9N3O7/c1-25-15(19)12-6-8(18(23)24)5-11-13(12)9-3-2-7(17(21)22)4-10(9)14(11)16-20/h2-6,20H,1H3. The lowest BCUT2D eigenvalue weighted by molar-refractivity contribution is -0.385. The summed E-state index contributed by atoms with van der Waals surface area (Å²) in [7, 11) is 1.13. The fourth-order valence-corrected chi connectivity index (χ4v) is 2.79. The quantitative estimate of drug-likeness (QED) is 0.333. The molecule has 1 N–H and O–H groups in total. The smallest absolute Gasteiger partial charge is 0.338 e. The van der Waals surface area contributed by atoms with Gasteiger partial charge in [0.1, 0.15) is 5.71 Å². The van der Waals surface area contributed by atoms with Gasteiger partial charge in [-0.1, -0.05) is 5.16 Å². The van der Waals surface area contributed by atoms with Gasteiger partial charge in [0.05, 0.1) is 22.5 Å². The lowest BCUT2D eigenvalue weighted by atomic mass is 9.98. The maximum Gasteiger partial charge on any atom is 0.338 e. The highest BCUT2D eigenvalue weighted by Crippen LogP contribution is 2.42. The molecule has 0 amide bonds. The molecule has 2 aromatic rings. The fourth-order valence-electron chi connectivity index (χ4n) is 2.79. The maximum atomic E-state index is 12.1. The first-order valence-electron chi connectivity index (χ1n) is 6.81. The van der Waals surface area contributed by atoms with E-state index in [-0.39, 0.29) is 33.7 Å². The van der Waals surface area contributed by atoms with Crippen LogP contribution in [-0.4, -0.2) is 33.8 Å². The van der Waals surface area contributed by atoms with Crippen LogP contribution in [0.25, 0.3) is 11.1 Å². The van der Waals surface area contributed by atoms with Gasteiger partial charge in [0.15, 0.2) is 0 Å². The summed E-state index contributed by atoms with van der Waals surface area (Å²) < 4.78 is 4.67. The second-order valence-corrected chi connectivity index (χ2v) is 5.10. The third-order valence-electron chi connectivity index (χ3n) is 3.83. The average molecular weight is 343 g/mol. The van der Waals surface area contributed by atoms with Crippen molar-refractivity contribution in [3.63, 3.8) is 0 Å². The van der Waals surface area contributed by atoms with Gasteiger partial charge in [0, 0.05) is 41.0 Å². The SMILES string of the molecule is COC(=O)c1cc([N+](=O)[O-])cc2c1-c1ccc([N+](=O)[O-])cc1C2=NO. The highest BCUT2D eigenvalue weighted by Gasteiger charge is 2.34. The number of nitro benzene ring substituents is 2. The summed E-state index contributed by atoms with van der Waals surface area (Å²) in [6.45, 7) is 0. The molecule has 0 spiro atoms. The number of fused-ring (bicyclic) bond motifs is 3. The fraction of sp³-hybridized carbons (Fsp3) is 0.0667. The van der Waals surface area contributed by atoms with Gasteiger partial charge in [-0.2, -0.15) is 0 Å². The van der Waals surface area contributed by atoms with E-state index in [1.807, 2.05) is 0 Å². The largest absolute Gasteiger partial charge is 0.465 e. The summed E-state index contributed by atoms with van der Waals surface area (Å²) in [6, 6.07) is 5.99. The van der Waals surface area contributed by atoms with Crippen molar-refractivity contribution in [2.24, 2.45) is 5.16 Å². The number of methoxy groups -OCH3 is 1. The number of carbonyl (C=O) groups is 1. The minimum atomic E-state index is -0.816. The molecule has 0 aromatic heterocycles. The van der Waals surface area contributed by atoms with Crippen LogP contribution in [-0.2, 0) is 4.74 Å². The molecule has 0 bridgehead atoms. The highest BCUT2D eigenvalue weighted by molar-refractivity contribution is 6.27. The van der Waals surface area contributed by atoms with E-state index in [0.717, 1.165) is 19.2 Å². The van der Waals surface area contributed by atoms with Crippen molar-refractivity contribution in [1.82, 2.24) is 0 Å². The highest BCUT2D eigenvalue weighted by atomic mass is 16.6. The number of nitro groups is 2. The molecule has 0 saturated carbocycles. The Morgan fingerprint density at radius 3 is 2.24 bits per heavy atom. The van der Waals surface area contributed by atoms with Gasteiger partial charge in [-0.15, -0.1) is 0 Å². The average Bonchev–Trinajstić information content (AvgIpc) is 2.92. The molecule has 0 aliphatic heterocycles. The molecule has 126 valence electrons. The van der Waals surface area contributed by atoms with E-state index in [2.05, 4.69) is 9.89 Å². The van der Waals surface area contributed by atoms with E-state index in [9.17, 15) is 30.2 Å². The van der Waals surface area contributed by atoms with E-state index in [0.29, 0.717) is 5.56 Å².